The Kier molecular flexibility index (Phi) is 5.96. The van der Waals surface area contributed by atoms with Crippen LogP contribution in [0, 0.1) is 0 Å². The lowest BCUT2D eigenvalue weighted by Gasteiger charge is -2.10. The molecule has 1 aromatic carbocycles. The van der Waals surface area contributed by atoms with Gasteiger partial charge in [-0.2, -0.15) is 0 Å². The van der Waals surface area contributed by atoms with E-state index < -0.39 is 0 Å². The third kappa shape index (κ3) is 4.75. The zero-order valence-electron chi connectivity index (χ0n) is 14.7. The predicted molar refractivity (Wildman–Crippen MR) is 98.8 cm³/mol. The molecule has 7 heteroatoms. The molecule has 134 valence electrons. The maximum atomic E-state index is 11.9. The van der Waals surface area contributed by atoms with Gasteiger partial charge >= 0.3 is 0 Å². The van der Waals surface area contributed by atoms with Crippen molar-refractivity contribution in [2.45, 2.75) is 50.4 Å². The van der Waals surface area contributed by atoms with Crippen LogP contribution in [-0.2, 0) is 11.3 Å². The quantitative estimate of drug-likeness (QED) is 0.696. The number of carbonyl (C=O) groups is 1. The van der Waals surface area contributed by atoms with Crippen molar-refractivity contribution in [2.24, 2.45) is 0 Å². The molecule has 1 amide bonds. The highest BCUT2D eigenvalue weighted by atomic mass is 32.2. The number of benzene rings is 1. The van der Waals surface area contributed by atoms with E-state index in [1.165, 1.54) is 11.8 Å². The largest absolute Gasteiger partial charge is 0.497 e. The number of methoxy groups -OCH3 is 1. The molecule has 1 N–H and O–H groups in total. The van der Waals surface area contributed by atoms with Crippen LogP contribution in [0.5, 0.6) is 5.75 Å². The molecule has 0 spiro atoms. The van der Waals surface area contributed by atoms with Crippen LogP contribution in [0.15, 0.2) is 29.4 Å². The summed E-state index contributed by atoms with van der Waals surface area (Å²) in [6, 6.07) is 8.20. The molecule has 0 bridgehead atoms. The fourth-order valence-corrected chi connectivity index (χ4v) is 3.27. The number of carbonyl (C=O) groups excluding carboxylic acids is 1. The average molecular weight is 360 g/mol. The van der Waals surface area contributed by atoms with E-state index in [1.807, 2.05) is 24.3 Å². The molecule has 0 aliphatic heterocycles. The minimum Gasteiger partial charge on any atom is -0.497 e. The maximum Gasteiger partial charge on any atom is 0.230 e. The second-order valence-electron chi connectivity index (χ2n) is 6.17. The first-order chi connectivity index (χ1) is 12.2. The molecular weight excluding hydrogens is 336 g/mol. The molecule has 0 saturated heterocycles. The molecule has 1 heterocycles. The van der Waals surface area contributed by atoms with Gasteiger partial charge in [0.05, 0.1) is 12.9 Å². The highest BCUT2D eigenvalue weighted by Gasteiger charge is 2.23. The molecule has 1 aromatic heterocycles. The van der Waals surface area contributed by atoms with E-state index in [9.17, 15) is 4.79 Å². The van der Waals surface area contributed by atoms with Crippen molar-refractivity contribution in [1.82, 2.24) is 20.1 Å². The van der Waals surface area contributed by atoms with Crippen molar-refractivity contribution >= 4 is 17.7 Å². The van der Waals surface area contributed by atoms with Crippen LogP contribution in [0.3, 0.4) is 0 Å². The lowest BCUT2D eigenvalue weighted by atomic mass is 10.2. The summed E-state index contributed by atoms with van der Waals surface area (Å²) in [5.41, 5.74) is 0.999. The SMILES string of the molecule is CCCCn1c(SCC(=O)NC2CC2)nnc1-c1ccc(OC)cc1. The third-order valence-electron chi connectivity index (χ3n) is 4.08. The summed E-state index contributed by atoms with van der Waals surface area (Å²) in [6.45, 7) is 3.00. The zero-order chi connectivity index (χ0) is 17.6. The Morgan fingerprint density at radius 1 is 1.32 bits per heavy atom. The lowest BCUT2D eigenvalue weighted by Crippen LogP contribution is -2.27. The highest BCUT2D eigenvalue weighted by Crippen LogP contribution is 2.26. The van der Waals surface area contributed by atoms with E-state index in [0.29, 0.717) is 11.8 Å². The summed E-state index contributed by atoms with van der Waals surface area (Å²) < 4.78 is 7.33. The van der Waals surface area contributed by atoms with Crippen molar-refractivity contribution in [3.63, 3.8) is 0 Å². The molecule has 0 radical (unpaired) electrons. The summed E-state index contributed by atoms with van der Waals surface area (Å²) >= 11 is 1.45. The van der Waals surface area contributed by atoms with Crippen LogP contribution in [-0.4, -0.2) is 39.6 Å². The van der Waals surface area contributed by atoms with Gasteiger partial charge in [-0.1, -0.05) is 25.1 Å². The average Bonchev–Trinajstić information content (AvgIpc) is 3.35. The highest BCUT2D eigenvalue weighted by molar-refractivity contribution is 7.99. The summed E-state index contributed by atoms with van der Waals surface area (Å²) in [5.74, 6) is 2.10. The number of rotatable bonds is 9. The van der Waals surface area contributed by atoms with Gasteiger partial charge in [-0.05, 0) is 43.5 Å². The molecular formula is C18H24N4O2S. The number of amides is 1. The number of hydrogen-bond donors (Lipinski definition) is 1. The summed E-state index contributed by atoms with van der Waals surface area (Å²) in [5, 5.41) is 12.5. The van der Waals surface area contributed by atoms with Crippen molar-refractivity contribution in [3.8, 4) is 17.1 Å². The second kappa shape index (κ2) is 8.38. The Bertz CT molecular complexity index is 710. The molecule has 0 atom stereocenters. The molecule has 25 heavy (non-hydrogen) atoms. The van der Waals surface area contributed by atoms with Crippen LogP contribution in [0.1, 0.15) is 32.6 Å². The molecule has 1 saturated carbocycles. The standard InChI is InChI=1S/C18H24N4O2S/c1-3-4-11-22-17(13-5-9-15(24-2)10-6-13)20-21-18(22)25-12-16(23)19-14-7-8-14/h5-6,9-10,14H,3-4,7-8,11-12H2,1-2H3,(H,19,23). The first-order valence-electron chi connectivity index (χ1n) is 8.71. The Morgan fingerprint density at radius 3 is 2.72 bits per heavy atom. The lowest BCUT2D eigenvalue weighted by molar-refractivity contribution is -0.118. The van der Waals surface area contributed by atoms with Crippen molar-refractivity contribution in [2.75, 3.05) is 12.9 Å². The van der Waals surface area contributed by atoms with E-state index in [-0.39, 0.29) is 5.91 Å². The van der Waals surface area contributed by atoms with Gasteiger partial charge in [0.15, 0.2) is 11.0 Å². The van der Waals surface area contributed by atoms with Gasteiger partial charge in [0.25, 0.3) is 0 Å². The number of thioether (sulfide) groups is 1. The fraction of sp³-hybridized carbons (Fsp3) is 0.500. The second-order valence-corrected chi connectivity index (χ2v) is 7.11. The van der Waals surface area contributed by atoms with Crippen LogP contribution < -0.4 is 10.1 Å². The topological polar surface area (TPSA) is 69.0 Å². The Morgan fingerprint density at radius 2 is 2.08 bits per heavy atom. The van der Waals surface area contributed by atoms with Gasteiger partial charge in [-0.15, -0.1) is 10.2 Å². The number of ether oxygens (including phenoxy) is 1. The number of nitrogens with one attached hydrogen (secondary N) is 1. The number of unbranched alkanes of at least 4 members (excludes halogenated alkanes) is 1. The first-order valence-corrected chi connectivity index (χ1v) is 9.69. The summed E-state index contributed by atoms with van der Waals surface area (Å²) in [7, 11) is 1.65. The Labute approximate surface area is 152 Å². The number of nitrogens with zero attached hydrogens (tertiary/aromatic N) is 3. The zero-order valence-corrected chi connectivity index (χ0v) is 15.5. The van der Waals surface area contributed by atoms with E-state index >= 15 is 0 Å². The van der Waals surface area contributed by atoms with Gasteiger partial charge in [0, 0.05) is 18.2 Å². The van der Waals surface area contributed by atoms with Crippen molar-refractivity contribution < 1.29 is 9.53 Å². The smallest absolute Gasteiger partial charge is 0.230 e. The van der Waals surface area contributed by atoms with E-state index in [1.54, 1.807) is 7.11 Å². The van der Waals surface area contributed by atoms with E-state index in [4.69, 9.17) is 4.74 Å². The maximum absolute atomic E-state index is 11.9. The molecule has 1 aliphatic carbocycles. The Hall–Kier alpha value is -2.02. The minimum atomic E-state index is 0.0727. The van der Waals surface area contributed by atoms with Crippen LogP contribution >= 0.6 is 11.8 Å². The monoisotopic (exact) mass is 360 g/mol. The Balaban J connectivity index is 1.74. The molecule has 0 unspecified atom stereocenters. The van der Waals surface area contributed by atoms with Crippen LogP contribution in [0.2, 0.25) is 0 Å². The van der Waals surface area contributed by atoms with E-state index in [0.717, 1.165) is 54.5 Å². The third-order valence-corrected chi connectivity index (χ3v) is 5.04. The summed E-state index contributed by atoms with van der Waals surface area (Å²) in [6.07, 6.45) is 4.34. The van der Waals surface area contributed by atoms with Crippen LogP contribution in [0.4, 0.5) is 0 Å². The molecule has 2 aromatic rings. The molecule has 1 aliphatic rings. The van der Waals surface area contributed by atoms with Gasteiger partial charge in [-0.3, -0.25) is 4.79 Å². The molecule has 6 nitrogen and oxygen atoms in total. The van der Waals surface area contributed by atoms with Gasteiger partial charge in [-0.25, -0.2) is 0 Å². The number of hydrogen-bond acceptors (Lipinski definition) is 5. The van der Waals surface area contributed by atoms with E-state index in [2.05, 4.69) is 27.0 Å². The predicted octanol–water partition coefficient (Wildman–Crippen LogP) is 3.12. The minimum absolute atomic E-state index is 0.0727. The normalized spacial score (nSPS) is 13.7. The number of aromatic nitrogens is 3. The van der Waals surface area contributed by atoms with Gasteiger partial charge in [0.1, 0.15) is 5.75 Å². The fourth-order valence-electron chi connectivity index (χ4n) is 2.49. The molecule has 1 fully saturated rings. The first kappa shape index (κ1) is 17.8. The van der Waals surface area contributed by atoms with Crippen molar-refractivity contribution in [1.29, 1.82) is 0 Å². The van der Waals surface area contributed by atoms with Crippen molar-refractivity contribution in [3.05, 3.63) is 24.3 Å². The van der Waals surface area contributed by atoms with Gasteiger partial charge < -0.3 is 14.6 Å². The molecule has 3 rings (SSSR count). The van der Waals surface area contributed by atoms with Crippen LogP contribution in [0.25, 0.3) is 11.4 Å². The summed E-state index contributed by atoms with van der Waals surface area (Å²) in [4.78, 5) is 11.9. The van der Waals surface area contributed by atoms with Gasteiger partial charge in [0.2, 0.25) is 5.91 Å².